The number of sulfonamides is 1. The Morgan fingerprint density at radius 3 is 2.52 bits per heavy atom. The van der Waals surface area contributed by atoms with E-state index in [9.17, 15) is 13.2 Å². The molecule has 0 aliphatic carbocycles. The quantitative estimate of drug-likeness (QED) is 0.845. The van der Waals surface area contributed by atoms with Crippen molar-refractivity contribution in [3.63, 3.8) is 0 Å². The van der Waals surface area contributed by atoms with Gasteiger partial charge in [-0.3, -0.25) is 4.79 Å². The van der Waals surface area contributed by atoms with E-state index in [-0.39, 0.29) is 11.4 Å². The van der Waals surface area contributed by atoms with Gasteiger partial charge in [0.1, 0.15) is 6.04 Å². The highest BCUT2D eigenvalue weighted by molar-refractivity contribution is 7.89. The number of primary amides is 1. The van der Waals surface area contributed by atoms with Crippen LogP contribution in [0.15, 0.2) is 23.1 Å². The molecule has 2 rings (SSSR count). The molecule has 1 fully saturated rings. The van der Waals surface area contributed by atoms with Gasteiger partial charge >= 0.3 is 0 Å². The number of methoxy groups -OCH3 is 2. The molecule has 0 spiro atoms. The van der Waals surface area contributed by atoms with E-state index < -0.39 is 22.0 Å². The Balaban J connectivity index is 2.42. The number of carbonyl (C=O) groups excluding carboxylic acids is 1. The van der Waals surface area contributed by atoms with Gasteiger partial charge < -0.3 is 15.2 Å². The van der Waals surface area contributed by atoms with E-state index in [1.54, 1.807) is 0 Å². The van der Waals surface area contributed by atoms with Crippen molar-refractivity contribution in [2.45, 2.75) is 23.8 Å². The van der Waals surface area contributed by atoms with Crippen LogP contribution in [0.5, 0.6) is 11.5 Å². The first kappa shape index (κ1) is 15.6. The lowest BCUT2D eigenvalue weighted by Crippen LogP contribution is -2.43. The van der Waals surface area contributed by atoms with Crippen LogP contribution in [0.25, 0.3) is 0 Å². The molecule has 0 aromatic heterocycles. The second kappa shape index (κ2) is 5.90. The van der Waals surface area contributed by atoms with Gasteiger partial charge in [-0.1, -0.05) is 0 Å². The SMILES string of the molecule is COc1ccc(S(=O)(=O)N2CCC[C@@H]2C(N)=O)cc1OC. The molecule has 1 atom stereocenters. The van der Waals surface area contributed by atoms with Gasteiger partial charge in [0.2, 0.25) is 15.9 Å². The Hall–Kier alpha value is -1.80. The first-order valence-corrected chi connectivity index (χ1v) is 7.89. The number of carbonyl (C=O) groups is 1. The highest BCUT2D eigenvalue weighted by atomic mass is 32.2. The van der Waals surface area contributed by atoms with E-state index >= 15 is 0 Å². The molecule has 21 heavy (non-hydrogen) atoms. The second-order valence-corrected chi connectivity index (χ2v) is 6.58. The average Bonchev–Trinajstić information content (AvgIpc) is 2.96. The number of amides is 1. The zero-order chi connectivity index (χ0) is 15.6. The summed E-state index contributed by atoms with van der Waals surface area (Å²) in [6.45, 7) is 0.282. The van der Waals surface area contributed by atoms with Gasteiger partial charge in [0.25, 0.3) is 0 Å². The summed E-state index contributed by atoms with van der Waals surface area (Å²) in [5.41, 5.74) is 5.27. The van der Waals surface area contributed by atoms with Crippen LogP contribution in [-0.4, -0.2) is 45.4 Å². The summed E-state index contributed by atoms with van der Waals surface area (Å²) >= 11 is 0. The number of hydrogen-bond acceptors (Lipinski definition) is 5. The lowest BCUT2D eigenvalue weighted by Gasteiger charge is -2.22. The molecular formula is C13H18N2O5S. The van der Waals surface area contributed by atoms with Crippen molar-refractivity contribution in [2.75, 3.05) is 20.8 Å². The number of ether oxygens (including phenoxy) is 2. The third-order valence-corrected chi connectivity index (χ3v) is 5.40. The maximum atomic E-state index is 12.6. The normalized spacial score (nSPS) is 19.4. The zero-order valence-corrected chi connectivity index (χ0v) is 12.7. The Morgan fingerprint density at radius 2 is 1.95 bits per heavy atom. The smallest absolute Gasteiger partial charge is 0.243 e. The molecule has 7 nitrogen and oxygen atoms in total. The van der Waals surface area contributed by atoms with E-state index in [4.69, 9.17) is 15.2 Å². The van der Waals surface area contributed by atoms with Crippen LogP contribution in [0, 0.1) is 0 Å². The highest BCUT2D eigenvalue weighted by Crippen LogP contribution is 2.32. The summed E-state index contributed by atoms with van der Waals surface area (Å²) < 4.78 is 36.6. The molecule has 0 unspecified atom stereocenters. The molecule has 1 aromatic carbocycles. The van der Waals surface area contributed by atoms with Crippen LogP contribution < -0.4 is 15.2 Å². The van der Waals surface area contributed by atoms with Crippen molar-refractivity contribution in [3.05, 3.63) is 18.2 Å². The summed E-state index contributed by atoms with van der Waals surface area (Å²) in [4.78, 5) is 11.4. The number of nitrogens with zero attached hydrogens (tertiary/aromatic N) is 1. The standard InChI is InChI=1S/C13H18N2O5S/c1-19-11-6-5-9(8-12(11)20-2)21(17,18)15-7-3-4-10(15)13(14)16/h5-6,8,10H,3-4,7H2,1-2H3,(H2,14,16)/t10-/m1/s1. The summed E-state index contributed by atoms with van der Waals surface area (Å²) in [7, 11) is -0.899. The van der Waals surface area contributed by atoms with Crippen molar-refractivity contribution in [3.8, 4) is 11.5 Å². The van der Waals surface area contributed by atoms with Gasteiger partial charge in [-0.2, -0.15) is 4.31 Å². The third-order valence-electron chi connectivity index (χ3n) is 3.49. The summed E-state index contributed by atoms with van der Waals surface area (Å²) in [5.74, 6) is 0.120. The van der Waals surface area contributed by atoms with Crippen molar-refractivity contribution >= 4 is 15.9 Å². The predicted octanol–water partition coefficient (Wildman–Crippen LogP) is 0.342. The fourth-order valence-electron chi connectivity index (χ4n) is 2.42. The first-order valence-electron chi connectivity index (χ1n) is 6.45. The molecule has 1 saturated heterocycles. The lowest BCUT2D eigenvalue weighted by molar-refractivity contribution is -0.121. The first-order chi connectivity index (χ1) is 9.91. The second-order valence-electron chi connectivity index (χ2n) is 4.69. The fraction of sp³-hybridized carbons (Fsp3) is 0.462. The van der Waals surface area contributed by atoms with Crippen molar-refractivity contribution in [2.24, 2.45) is 5.73 Å². The van der Waals surface area contributed by atoms with E-state index in [0.717, 1.165) is 4.31 Å². The van der Waals surface area contributed by atoms with Gasteiger partial charge in [-0.15, -0.1) is 0 Å². The Kier molecular flexibility index (Phi) is 4.38. The lowest BCUT2D eigenvalue weighted by atomic mass is 10.2. The molecule has 116 valence electrons. The Labute approximate surface area is 123 Å². The fourth-order valence-corrected chi connectivity index (χ4v) is 4.11. The van der Waals surface area contributed by atoms with E-state index in [0.29, 0.717) is 24.3 Å². The molecule has 0 radical (unpaired) electrons. The van der Waals surface area contributed by atoms with E-state index in [2.05, 4.69) is 0 Å². The Bertz CT molecular complexity index is 644. The Morgan fingerprint density at radius 1 is 1.29 bits per heavy atom. The molecule has 1 amide bonds. The molecule has 0 bridgehead atoms. The molecular weight excluding hydrogens is 296 g/mol. The molecule has 1 heterocycles. The minimum absolute atomic E-state index is 0.0494. The zero-order valence-electron chi connectivity index (χ0n) is 11.9. The molecule has 2 N–H and O–H groups in total. The maximum absolute atomic E-state index is 12.6. The average molecular weight is 314 g/mol. The van der Waals surface area contributed by atoms with Crippen LogP contribution in [0.1, 0.15) is 12.8 Å². The van der Waals surface area contributed by atoms with Crippen molar-refractivity contribution in [1.29, 1.82) is 0 Å². The van der Waals surface area contributed by atoms with Gasteiger partial charge in [-0.05, 0) is 25.0 Å². The van der Waals surface area contributed by atoms with E-state index in [1.807, 2.05) is 0 Å². The molecule has 1 aliphatic heterocycles. The van der Waals surface area contributed by atoms with Crippen LogP contribution in [0.3, 0.4) is 0 Å². The number of nitrogens with two attached hydrogens (primary N) is 1. The maximum Gasteiger partial charge on any atom is 0.243 e. The van der Waals surface area contributed by atoms with Crippen LogP contribution in [0.4, 0.5) is 0 Å². The summed E-state index contributed by atoms with van der Waals surface area (Å²) in [6, 6.07) is 3.53. The predicted molar refractivity (Wildman–Crippen MR) is 75.7 cm³/mol. The highest BCUT2D eigenvalue weighted by Gasteiger charge is 2.38. The van der Waals surface area contributed by atoms with Crippen molar-refractivity contribution < 1.29 is 22.7 Å². The van der Waals surface area contributed by atoms with Crippen LogP contribution in [-0.2, 0) is 14.8 Å². The topological polar surface area (TPSA) is 98.9 Å². The number of benzene rings is 1. The monoisotopic (exact) mass is 314 g/mol. The number of rotatable bonds is 5. The van der Waals surface area contributed by atoms with Gasteiger partial charge in [0, 0.05) is 12.6 Å². The molecule has 1 aromatic rings. The van der Waals surface area contributed by atoms with Gasteiger partial charge in [-0.25, -0.2) is 8.42 Å². The minimum Gasteiger partial charge on any atom is -0.493 e. The summed E-state index contributed by atoms with van der Waals surface area (Å²) in [6.07, 6.45) is 1.06. The van der Waals surface area contributed by atoms with Crippen LogP contribution in [0.2, 0.25) is 0 Å². The van der Waals surface area contributed by atoms with E-state index in [1.165, 1.54) is 32.4 Å². The van der Waals surface area contributed by atoms with Gasteiger partial charge in [0.15, 0.2) is 11.5 Å². The van der Waals surface area contributed by atoms with Gasteiger partial charge in [0.05, 0.1) is 19.1 Å². The summed E-state index contributed by atoms with van der Waals surface area (Å²) in [5, 5.41) is 0. The minimum atomic E-state index is -3.79. The number of hydrogen-bond donors (Lipinski definition) is 1. The molecule has 8 heteroatoms. The molecule has 0 saturated carbocycles. The van der Waals surface area contributed by atoms with Crippen LogP contribution >= 0.6 is 0 Å². The third kappa shape index (κ3) is 2.81. The van der Waals surface area contributed by atoms with Crippen molar-refractivity contribution in [1.82, 2.24) is 4.31 Å². The largest absolute Gasteiger partial charge is 0.493 e. The molecule has 1 aliphatic rings.